The van der Waals surface area contributed by atoms with Crippen molar-refractivity contribution in [2.24, 2.45) is 0 Å². The first-order valence-electron chi connectivity index (χ1n) is 7.75. The summed E-state index contributed by atoms with van der Waals surface area (Å²) in [6.45, 7) is 0.965. The summed E-state index contributed by atoms with van der Waals surface area (Å²) in [7, 11) is 4.85. The van der Waals surface area contributed by atoms with E-state index in [2.05, 4.69) is 5.32 Å². The van der Waals surface area contributed by atoms with Crippen molar-refractivity contribution >= 4 is 5.91 Å². The third-order valence-electron chi connectivity index (χ3n) is 3.70. The minimum absolute atomic E-state index is 0.108. The number of methoxy groups -OCH3 is 3. The number of hydrogen-bond donors (Lipinski definition) is 1. The molecule has 0 radical (unpaired) electrons. The fraction of sp³-hybridized carbons (Fsp3) is 0.316. The van der Waals surface area contributed by atoms with Gasteiger partial charge in [0, 0.05) is 24.8 Å². The Balaban J connectivity index is 1.92. The van der Waals surface area contributed by atoms with Crippen molar-refractivity contribution in [2.75, 3.05) is 27.9 Å². The van der Waals surface area contributed by atoms with Crippen molar-refractivity contribution < 1.29 is 19.0 Å². The number of ether oxygens (including phenoxy) is 3. The Morgan fingerprint density at radius 1 is 1.00 bits per heavy atom. The molecule has 0 heterocycles. The summed E-state index contributed by atoms with van der Waals surface area (Å²) < 4.78 is 15.5. The van der Waals surface area contributed by atoms with E-state index in [-0.39, 0.29) is 5.91 Å². The molecule has 0 spiro atoms. The van der Waals surface area contributed by atoms with Crippen LogP contribution >= 0.6 is 0 Å². The van der Waals surface area contributed by atoms with Crippen molar-refractivity contribution in [1.82, 2.24) is 5.32 Å². The molecule has 5 nitrogen and oxygen atoms in total. The quantitative estimate of drug-likeness (QED) is 0.809. The van der Waals surface area contributed by atoms with Crippen LogP contribution in [0.5, 0.6) is 11.5 Å². The molecular weight excluding hydrogens is 306 g/mol. The van der Waals surface area contributed by atoms with Crippen molar-refractivity contribution in [3.8, 4) is 11.5 Å². The van der Waals surface area contributed by atoms with Crippen molar-refractivity contribution in [3.63, 3.8) is 0 Å². The van der Waals surface area contributed by atoms with E-state index in [0.29, 0.717) is 24.5 Å². The molecule has 24 heavy (non-hydrogen) atoms. The molecule has 0 atom stereocenters. The summed E-state index contributed by atoms with van der Waals surface area (Å²) in [5.74, 6) is 1.43. The molecule has 0 aromatic heterocycles. The van der Waals surface area contributed by atoms with E-state index in [4.69, 9.17) is 14.2 Å². The lowest BCUT2D eigenvalue weighted by Gasteiger charge is -2.11. The minimum Gasteiger partial charge on any atom is -0.497 e. The summed E-state index contributed by atoms with van der Waals surface area (Å²) in [5, 5.41) is 2.93. The van der Waals surface area contributed by atoms with Gasteiger partial charge in [-0.15, -0.1) is 0 Å². The Bertz CT molecular complexity index is 668. The van der Waals surface area contributed by atoms with Gasteiger partial charge in [-0.05, 0) is 42.3 Å². The van der Waals surface area contributed by atoms with Crippen molar-refractivity contribution in [1.29, 1.82) is 0 Å². The number of rotatable bonds is 8. The Morgan fingerprint density at radius 2 is 1.75 bits per heavy atom. The van der Waals surface area contributed by atoms with Crippen LogP contribution in [0, 0.1) is 0 Å². The number of carbonyl (C=O) groups is 1. The fourth-order valence-corrected chi connectivity index (χ4v) is 2.40. The van der Waals surface area contributed by atoms with E-state index in [0.717, 1.165) is 23.3 Å². The van der Waals surface area contributed by atoms with Gasteiger partial charge in [0.2, 0.25) is 0 Å². The molecule has 0 bridgehead atoms. The monoisotopic (exact) mass is 329 g/mol. The van der Waals surface area contributed by atoms with Gasteiger partial charge >= 0.3 is 0 Å². The first kappa shape index (κ1) is 17.8. The molecule has 1 N–H and O–H groups in total. The molecule has 0 aliphatic carbocycles. The summed E-state index contributed by atoms with van der Waals surface area (Å²) in [5.41, 5.74) is 2.59. The van der Waals surface area contributed by atoms with Gasteiger partial charge in [-0.2, -0.15) is 0 Å². The molecule has 2 rings (SSSR count). The van der Waals surface area contributed by atoms with Crippen molar-refractivity contribution in [3.05, 3.63) is 59.2 Å². The number of hydrogen-bond acceptors (Lipinski definition) is 4. The fourth-order valence-electron chi connectivity index (χ4n) is 2.40. The molecule has 0 aliphatic heterocycles. The summed E-state index contributed by atoms with van der Waals surface area (Å²) >= 11 is 0. The molecule has 2 aromatic rings. The highest BCUT2D eigenvalue weighted by Crippen LogP contribution is 2.20. The van der Waals surface area contributed by atoms with E-state index < -0.39 is 0 Å². The van der Waals surface area contributed by atoms with Crippen LogP contribution in [0.1, 0.15) is 21.5 Å². The van der Waals surface area contributed by atoms with Crippen LogP contribution in [0.25, 0.3) is 0 Å². The lowest BCUT2D eigenvalue weighted by molar-refractivity contribution is 0.0953. The zero-order chi connectivity index (χ0) is 17.4. The topological polar surface area (TPSA) is 56.8 Å². The molecule has 0 fully saturated rings. The number of benzene rings is 2. The highest BCUT2D eigenvalue weighted by molar-refractivity contribution is 5.94. The predicted octanol–water partition coefficient (Wildman–Crippen LogP) is 2.82. The molecule has 1 amide bonds. The Morgan fingerprint density at radius 3 is 2.38 bits per heavy atom. The number of amides is 1. The van der Waals surface area contributed by atoms with Crippen LogP contribution in [0.4, 0.5) is 0 Å². The zero-order valence-electron chi connectivity index (χ0n) is 14.3. The van der Waals surface area contributed by atoms with E-state index in [1.807, 2.05) is 24.3 Å². The van der Waals surface area contributed by atoms with Crippen LogP contribution in [0.2, 0.25) is 0 Å². The van der Waals surface area contributed by atoms with Gasteiger partial charge < -0.3 is 19.5 Å². The van der Waals surface area contributed by atoms with Gasteiger partial charge in [-0.3, -0.25) is 4.79 Å². The molecule has 0 saturated carbocycles. The predicted molar refractivity (Wildman–Crippen MR) is 92.7 cm³/mol. The Hall–Kier alpha value is -2.53. The van der Waals surface area contributed by atoms with E-state index >= 15 is 0 Å². The summed E-state index contributed by atoms with van der Waals surface area (Å²) in [6.07, 6.45) is 0.761. The van der Waals surface area contributed by atoms with E-state index in [1.54, 1.807) is 39.5 Å². The van der Waals surface area contributed by atoms with E-state index in [9.17, 15) is 4.79 Å². The molecule has 0 aliphatic rings. The number of carbonyl (C=O) groups excluding carboxylic acids is 1. The number of nitrogens with one attached hydrogen (secondary N) is 1. The Labute approximate surface area is 142 Å². The minimum atomic E-state index is -0.108. The van der Waals surface area contributed by atoms with E-state index in [1.165, 1.54) is 0 Å². The van der Waals surface area contributed by atoms with Crippen LogP contribution in [-0.4, -0.2) is 33.8 Å². The third-order valence-corrected chi connectivity index (χ3v) is 3.70. The molecular formula is C19H23NO4. The lowest BCUT2D eigenvalue weighted by atomic mass is 10.1. The molecule has 128 valence electrons. The largest absolute Gasteiger partial charge is 0.497 e. The van der Waals surface area contributed by atoms with Gasteiger partial charge in [-0.25, -0.2) is 0 Å². The molecule has 0 saturated heterocycles. The maximum Gasteiger partial charge on any atom is 0.251 e. The smallest absolute Gasteiger partial charge is 0.251 e. The van der Waals surface area contributed by atoms with Crippen LogP contribution in [0.15, 0.2) is 42.5 Å². The molecule has 0 unspecified atom stereocenters. The maximum atomic E-state index is 12.3. The van der Waals surface area contributed by atoms with Crippen LogP contribution in [0.3, 0.4) is 0 Å². The van der Waals surface area contributed by atoms with Gasteiger partial charge in [0.1, 0.15) is 11.5 Å². The molecule has 2 aromatic carbocycles. The van der Waals surface area contributed by atoms with Gasteiger partial charge in [0.25, 0.3) is 5.91 Å². The second-order valence-corrected chi connectivity index (χ2v) is 5.31. The van der Waals surface area contributed by atoms with Crippen LogP contribution < -0.4 is 14.8 Å². The Kier molecular flexibility index (Phi) is 6.63. The van der Waals surface area contributed by atoms with Gasteiger partial charge in [-0.1, -0.05) is 12.1 Å². The van der Waals surface area contributed by atoms with Crippen molar-refractivity contribution in [2.45, 2.75) is 13.0 Å². The second-order valence-electron chi connectivity index (χ2n) is 5.31. The first-order valence-corrected chi connectivity index (χ1v) is 7.75. The standard InChI is InChI=1S/C19H23NO4/c1-22-13-16-12-15(6-9-18(16)24-3)19(21)20-11-10-14-4-7-17(23-2)8-5-14/h4-9,12H,10-11,13H2,1-3H3,(H,20,21). The third kappa shape index (κ3) is 4.73. The highest BCUT2D eigenvalue weighted by Gasteiger charge is 2.10. The lowest BCUT2D eigenvalue weighted by Crippen LogP contribution is -2.25. The normalized spacial score (nSPS) is 10.3. The first-order chi connectivity index (χ1) is 11.7. The summed E-state index contributed by atoms with van der Waals surface area (Å²) in [6, 6.07) is 13.2. The van der Waals surface area contributed by atoms with Gasteiger partial charge in [0.05, 0.1) is 20.8 Å². The second kappa shape index (κ2) is 8.93. The highest BCUT2D eigenvalue weighted by atomic mass is 16.5. The zero-order valence-corrected chi connectivity index (χ0v) is 14.3. The average Bonchev–Trinajstić information content (AvgIpc) is 2.62. The maximum absolute atomic E-state index is 12.3. The van der Waals surface area contributed by atoms with Gasteiger partial charge in [0.15, 0.2) is 0 Å². The molecule has 5 heteroatoms. The van der Waals surface area contributed by atoms with Crippen LogP contribution in [-0.2, 0) is 17.8 Å². The summed E-state index contributed by atoms with van der Waals surface area (Å²) in [4.78, 5) is 12.3. The average molecular weight is 329 g/mol. The SMILES string of the molecule is COCc1cc(C(=O)NCCc2ccc(OC)cc2)ccc1OC.